The van der Waals surface area contributed by atoms with Gasteiger partial charge in [-0.1, -0.05) is 19.8 Å². The Morgan fingerprint density at radius 1 is 1.22 bits per heavy atom. The van der Waals surface area contributed by atoms with Crippen LogP contribution >= 0.6 is 0 Å². The second-order valence-electron chi connectivity index (χ2n) is 6.81. The monoisotopic (exact) mass is 252 g/mol. The molecule has 0 aromatic heterocycles. The van der Waals surface area contributed by atoms with Gasteiger partial charge in [-0.05, 0) is 44.6 Å². The predicted molar refractivity (Wildman–Crippen MR) is 73.5 cm³/mol. The fourth-order valence-electron chi connectivity index (χ4n) is 4.21. The molecule has 3 unspecified atom stereocenters. The molecule has 0 radical (unpaired) electrons. The van der Waals surface area contributed by atoms with Crippen LogP contribution in [0.5, 0.6) is 0 Å². The minimum Gasteiger partial charge on any atom is -0.375 e. The van der Waals surface area contributed by atoms with E-state index in [1.165, 1.54) is 58.0 Å². The lowest BCUT2D eigenvalue weighted by molar-refractivity contribution is -0.106. The van der Waals surface area contributed by atoms with E-state index < -0.39 is 0 Å². The number of ether oxygens (including phenoxy) is 1. The maximum Gasteiger partial charge on any atom is 0.0697 e. The number of rotatable bonds is 1. The normalized spacial score (nSPS) is 41.3. The summed E-state index contributed by atoms with van der Waals surface area (Å²) in [5.74, 6) is 0.654. The highest BCUT2D eigenvalue weighted by atomic mass is 16.5. The van der Waals surface area contributed by atoms with Crippen molar-refractivity contribution >= 4 is 0 Å². The molecule has 3 heteroatoms. The van der Waals surface area contributed by atoms with E-state index in [2.05, 4.69) is 11.8 Å². The van der Waals surface area contributed by atoms with E-state index in [-0.39, 0.29) is 5.60 Å². The third-order valence-corrected chi connectivity index (χ3v) is 5.50. The Morgan fingerprint density at radius 3 is 2.72 bits per heavy atom. The SMILES string of the molecule is CC1CN(C2CCOC3(CCCC3)C2)CCC1N. The molecule has 104 valence electrons. The van der Waals surface area contributed by atoms with Gasteiger partial charge < -0.3 is 10.5 Å². The average Bonchev–Trinajstić information content (AvgIpc) is 2.81. The van der Waals surface area contributed by atoms with Crippen molar-refractivity contribution in [1.29, 1.82) is 0 Å². The van der Waals surface area contributed by atoms with Gasteiger partial charge in [-0.25, -0.2) is 0 Å². The van der Waals surface area contributed by atoms with Crippen molar-refractivity contribution in [1.82, 2.24) is 4.90 Å². The average molecular weight is 252 g/mol. The lowest BCUT2D eigenvalue weighted by atomic mass is 9.85. The summed E-state index contributed by atoms with van der Waals surface area (Å²) in [6.45, 7) is 5.68. The van der Waals surface area contributed by atoms with Crippen LogP contribution in [0.25, 0.3) is 0 Å². The maximum absolute atomic E-state index is 6.14. The molecule has 0 bridgehead atoms. The standard InChI is InChI=1S/C15H28N2O/c1-12-11-17(8-4-14(12)16)13-5-9-18-15(10-13)6-2-3-7-15/h12-14H,2-11,16H2,1H3. The first-order valence-electron chi connectivity index (χ1n) is 7.82. The Labute approximate surface area is 111 Å². The van der Waals surface area contributed by atoms with Gasteiger partial charge in [0.2, 0.25) is 0 Å². The Hall–Kier alpha value is -0.120. The second-order valence-corrected chi connectivity index (χ2v) is 6.81. The number of nitrogens with two attached hydrogens (primary N) is 1. The molecule has 0 aromatic carbocycles. The van der Waals surface area contributed by atoms with Crippen LogP contribution in [0.15, 0.2) is 0 Å². The van der Waals surface area contributed by atoms with E-state index >= 15 is 0 Å². The number of nitrogens with zero attached hydrogens (tertiary/aromatic N) is 1. The highest BCUT2D eigenvalue weighted by Crippen LogP contribution is 2.41. The highest BCUT2D eigenvalue weighted by molar-refractivity contribution is 4.95. The minimum atomic E-state index is 0.256. The molecule has 3 rings (SSSR count). The van der Waals surface area contributed by atoms with Crippen molar-refractivity contribution in [2.45, 2.75) is 69.6 Å². The van der Waals surface area contributed by atoms with E-state index in [1.807, 2.05) is 0 Å². The van der Waals surface area contributed by atoms with Crippen molar-refractivity contribution in [2.75, 3.05) is 19.7 Å². The van der Waals surface area contributed by atoms with Crippen molar-refractivity contribution < 1.29 is 4.74 Å². The minimum absolute atomic E-state index is 0.256. The van der Waals surface area contributed by atoms with Gasteiger partial charge in [0.25, 0.3) is 0 Å². The van der Waals surface area contributed by atoms with Gasteiger partial charge in [0.1, 0.15) is 0 Å². The van der Waals surface area contributed by atoms with E-state index in [9.17, 15) is 0 Å². The summed E-state index contributed by atoms with van der Waals surface area (Å²) < 4.78 is 6.14. The molecule has 2 heterocycles. The molecule has 2 aliphatic heterocycles. The Kier molecular flexibility index (Phi) is 3.65. The smallest absolute Gasteiger partial charge is 0.0697 e. The van der Waals surface area contributed by atoms with Gasteiger partial charge in [-0.2, -0.15) is 0 Å². The third-order valence-electron chi connectivity index (χ3n) is 5.50. The summed E-state index contributed by atoms with van der Waals surface area (Å²) in [4.78, 5) is 2.70. The van der Waals surface area contributed by atoms with Gasteiger partial charge >= 0.3 is 0 Å². The van der Waals surface area contributed by atoms with Crippen LogP contribution in [0.3, 0.4) is 0 Å². The van der Waals surface area contributed by atoms with E-state index in [0.717, 1.165) is 12.6 Å². The first-order chi connectivity index (χ1) is 8.69. The number of hydrogen-bond acceptors (Lipinski definition) is 3. The van der Waals surface area contributed by atoms with Crippen LogP contribution in [0.2, 0.25) is 0 Å². The summed E-state index contributed by atoms with van der Waals surface area (Å²) in [6.07, 6.45) is 9.00. The van der Waals surface area contributed by atoms with Crippen LogP contribution < -0.4 is 5.73 Å². The molecule has 18 heavy (non-hydrogen) atoms. The molecule has 3 atom stereocenters. The molecule has 2 saturated heterocycles. The number of hydrogen-bond donors (Lipinski definition) is 1. The molecular formula is C15H28N2O. The molecule has 1 saturated carbocycles. The Balaban J connectivity index is 1.62. The van der Waals surface area contributed by atoms with Gasteiger partial charge in [0, 0.05) is 25.2 Å². The molecule has 1 spiro atoms. The zero-order chi connectivity index (χ0) is 12.6. The fourth-order valence-corrected chi connectivity index (χ4v) is 4.21. The topological polar surface area (TPSA) is 38.5 Å². The molecule has 3 fully saturated rings. The van der Waals surface area contributed by atoms with Gasteiger partial charge in [-0.15, -0.1) is 0 Å². The van der Waals surface area contributed by atoms with Crippen LogP contribution in [0.4, 0.5) is 0 Å². The van der Waals surface area contributed by atoms with Crippen molar-refractivity contribution in [2.24, 2.45) is 11.7 Å². The molecular weight excluding hydrogens is 224 g/mol. The number of piperidine rings is 1. The summed E-state index contributed by atoms with van der Waals surface area (Å²) in [7, 11) is 0. The quantitative estimate of drug-likeness (QED) is 0.777. The van der Waals surface area contributed by atoms with Crippen LogP contribution in [-0.4, -0.2) is 42.3 Å². The maximum atomic E-state index is 6.14. The predicted octanol–water partition coefficient (Wildman–Crippen LogP) is 2.15. The molecule has 0 aromatic rings. The first-order valence-corrected chi connectivity index (χ1v) is 7.82. The molecule has 1 aliphatic carbocycles. The van der Waals surface area contributed by atoms with Crippen molar-refractivity contribution in [3.8, 4) is 0 Å². The Bertz CT molecular complexity index is 288. The van der Waals surface area contributed by atoms with Gasteiger partial charge in [0.15, 0.2) is 0 Å². The van der Waals surface area contributed by atoms with Crippen molar-refractivity contribution in [3.63, 3.8) is 0 Å². The highest BCUT2D eigenvalue weighted by Gasteiger charge is 2.42. The summed E-state index contributed by atoms with van der Waals surface area (Å²) in [6, 6.07) is 1.17. The van der Waals surface area contributed by atoms with E-state index in [1.54, 1.807) is 0 Å². The van der Waals surface area contributed by atoms with E-state index in [0.29, 0.717) is 12.0 Å². The Morgan fingerprint density at radius 2 is 2.00 bits per heavy atom. The molecule has 2 N–H and O–H groups in total. The summed E-state index contributed by atoms with van der Waals surface area (Å²) >= 11 is 0. The van der Waals surface area contributed by atoms with Gasteiger partial charge in [0.05, 0.1) is 5.60 Å². The molecule has 3 nitrogen and oxygen atoms in total. The first kappa shape index (κ1) is 12.9. The number of likely N-dealkylation sites (tertiary alicyclic amines) is 1. The zero-order valence-corrected chi connectivity index (χ0v) is 11.7. The van der Waals surface area contributed by atoms with Crippen molar-refractivity contribution in [3.05, 3.63) is 0 Å². The largest absolute Gasteiger partial charge is 0.375 e. The fraction of sp³-hybridized carbons (Fsp3) is 1.00. The summed E-state index contributed by atoms with van der Waals surface area (Å²) in [5, 5.41) is 0. The van der Waals surface area contributed by atoms with Crippen LogP contribution in [0, 0.1) is 5.92 Å². The summed E-state index contributed by atoms with van der Waals surface area (Å²) in [5.41, 5.74) is 6.39. The van der Waals surface area contributed by atoms with Gasteiger partial charge in [-0.3, -0.25) is 4.90 Å². The lowest BCUT2D eigenvalue weighted by Gasteiger charge is -2.46. The molecule has 3 aliphatic rings. The third kappa shape index (κ3) is 2.45. The van der Waals surface area contributed by atoms with E-state index in [4.69, 9.17) is 10.5 Å². The van der Waals surface area contributed by atoms with Crippen LogP contribution in [0.1, 0.15) is 51.9 Å². The van der Waals surface area contributed by atoms with Crippen LogP contribution in [-0.2, 0) is 4.74 Å². The lowest BCUT2D eigenvalue weighted by Crippen LogP contribution is -2.54. The zero-order valence-electron chi connectivity index (χ0n) is 11.7. The molecule has 0 amide bonds. The second kappa shape index (κ2) is 5.10.